The number of rotatable bonds is 7. The summed E-state index contributed by atoms with van der Waals surface area (Å²) >= 11 is 0. The van der Waals surface area contributed by atoms with E-state index in [-0.39, 0.29) is 5.91 Å². The number of carbonyl (C=O) groups is 1. The fraction of sp³-hybridized carbons (Fsp3) is 0.722. The van der Waals surface area contributed by atoms with E-state index in [1.54, 1.807) is 25.1 Å². The minimum Gasteiger partial charge on any atom is -0.345 e. The van der Waals surface area contributed by atoms with E-state index in [4.69, 9.17) is 0 Å². The first-order valence-electron chi connectivity index (χ1n) is 7.99. The van der Waals surface area contributed by atoms with Crippen LogP contribution in [0.5, 0.6) is 0 Å². The van der Waals surface area contributed by atoms with Gasteiger partial charge in [0.2, 0.25) is 5.91 Å². The Morgan fingerprint density at radius 2 is 1.95 bits per heavy atom. The number of hydrogen-bond acceptors (Lipinski definition) is 1. The van der Waals surface area contributed by atoms with Crippen molar-refractivity contribution >= 4 is 5.91 Å². The Kier molecular flexibility index (Phi) is 7.04. The molecule has 0 aromatic carbocycles. The van der Waals surface area contributed by atoms with Crippen molar-refractivity contribution in [3.05, 3.63) is 23.3 Å². The molecule has 0 spiro atoms. The van der Waals surface area contributed by atoms with Gasteiger partial charge in [-0.05, 0) is 36.7 Å². The second-order valence-electron chi connectivity index (χ2n) is 6.89. The maximum atomic E-state index is 11.7. The Morgan fingerprint density at radius 3 is 2.55 bits per heavy atom. The van der Waals surface area contributed by atoms with Crippen molar-refractivity contribution in [3.63, 3.8) is 0 Å². The summed E-state index contributed by atoms with van der Waals surface area (Å²) in [4.78, 5) is 13.3. The van der Waals surface area contributed by atoms with Crippen LogP contribution in [-0.4, -0.2) is 24.9 Å². The van der Waals surface area contributed by atoms with E-state index in [0.717, 1.165) is 24.7 Å². The zero-order valence-electron chi connectivity index (χ0n) is 13.9. The summed E-state index contributed by atoms with van der Waals surface area (Å²) in [6.07, 6.45) is 11.4. The molecule has 0 N–H and O–H groups in total. The van der Waals surface area contributed by atoms with Crippen LogP contribution >= 0.6 is 0 Å². The average Bonchev–Trinajstić information content (AvgIpc) is 2.75. The van der Waals surface area contributed by atoms with Gasteiger partial charge in [-0.25, -0.2) is 0 Å². The van der Waals surface area contributed by atoms with Gasteiger partial charge in [0.15, 0.2) is 0 Å². The molecule has 0 saturated heterocycles. The van der Waals surface area contributed by atoms with Crippen molar-refractivity contribution in [2.24, 2.45) is 11.8 Å². The van der Waals surface area contributed by atoms with Crippen LogP contribution in [0.15, 0.2) is 23.3 Å². The fourth-order valence-corrected chi connectivity index (χ4v) is 2.70. The van der Waals surface area contributed by atoms with Crippen LogP contribution in [0.1, 0.15) is 59.3 Å². The average molecular weight is 277 g/mol. The zero-order chi connectivity index (χ0) is 15.1. The Labute approximate surface area is 124 Å². The summed E-state index contributed by atoms with van der Waals surface area (Å²) in [6, 6.07) is 0. The Hall–Kier alpha value is -1.05. The Balaban J connectivity index is 2.40. The summed E-state index contributed by atoms with van der Waals surface area (Å²) in [5.41, 5.74) is 2.73. The maximum absolute atomic E-state index is 11.7. The van der Waals surface area contributed by atoms with Crippen LogP contribution in [-0.2, 0) is 4.79 Å². The molecule has 1 aliphatic rings. The summed E-state index contributed by atoms with van der Waals surface area (Å²) in [7, 11) is 3.60. The molecular formula is C18H31NO. The lowest BCUT2D eigenvalue weighted by atomic mass is 9.94. The maximum Gasteiger partial charge on any atom is 0.246 e. The largest absolute Gasteiger partial charge is 0.345 e. The molecule has 114 valence electrons. The van der Waals surface area contributed by atoms with E-state index >= 15 is 0 Å². The molecule has 2 nitrogen and oxygen atoms in total. The highest BCUT2D eigenvalue weighted by Gasteiger charge is 2.14. The van der Waals surface area contributed by atoms with Gasteiger partial charge in [-0.2, -0.15) is 0 Å². The molecular weight excluding hydrogens is 246 g/mol. The monoisotopic (exact) mass is 277 g/mol. The predicted octanol–water partition coefficient (Wildman–Crippen LogP) is 4.57. The lowest BCUT2D eigenvalue weighted by Gasteiger charge is -2.12. The normalized spacial score (nSPS) is 18.5. The molecule has 0 aromatic heterocycles. The van der Waals surface area contributed by atoms with Crippen molar-refractivity contribution < 1.29 is 4.79 Å². The molecule has 0 aliphatic heterocycles. The minimum atomic E-state index is 0.0995. The summed E-state index contributed by atoms with van der Waals surface area (Å²) in [5.74, 6) is 1.69. The molecule has 0 heterocycles. The van der Waals surface area contributed by atoms with Crippen molar-refractivity contribution in [2.75, 3.05) is 14.1 Å². The van der Waals surface area contributed by atoms with Gasteiger partial charge in [0.25, 0.3) is 0 Å². The third kappa shape index (κ3) is 6.40. The van der Waals surface area contributed by atoms with Crippen LogP contribution in [0.4, 0.5) is 0 Å². The van der Waals surface area contributed by atoms with Gasteiger partial charge in [-0.1, -0.05) is 51.7 Å². The van der Waals surface area contributed by atoms with E-state index in [9.17, 15) is 4.79 Å². The zero-order valence-corrected chi connectivity index (χ0v) is 13.9. The number of likely N-dealkylation sites (N-methyl/N-ethyl adjacent to an activating group) is 1. The first kappa shape index (κ1) is 17.0. The first-order valence-corrected chi connectivity index (χ1v) is 7.99. The minimum absolute atomic E-state index is 0.0995. The van der Waals surface area contributed by atoms with E-state index in [2.05, 4.69) is 26.8 Å². The standard InChI is InChI=1S/C18H31NO/c1-14(2)7-6-8-15(3)11-16-9-10-17(12-16)13-18(20)19(4)5/h12-15H,6-11H2,1-5H3. The highest BCUT2D eigenvalue weighted by atomic mass is 16.2. The Morgan fingerprint density at radius 1 is 1.25 bits per heavy atom. The molecule has 1 rings (SSSR count). The number of amides is 1. The quantitative estimate of drug-likeness (QED) is 0.624. The van der Waals surface area contributed by atoms with Crippen LogP contribution in [0.2, 0.25) is 0 Å². The molecule has 1 atom stereocenters. The molecule has 1 aliphatic carbocycles. The number of nitrogens with zero attached hydrogens (tertiary/aromatic N) is 1. The lowest BCUT2D eigenvalue weighted by Crippen LogP contribution is -2.19. The number of allylic oxidation sites excluding steroid dienone is 3. The van der Waals surface area contributed by atoms with Crippen LogP contribution < -0.4 is 0 Å². The topological polar surface area (TPSA) is 20.3 Å². The third-order valence-electron chi connectivity index (χ3n) is 3.96. The summed E-state index contributed by atoms with van der Waals surface area (Å²) in [5, 5.41) is 0. The van der Waals surface area contributed by atoms with Crippen LogP contribution in [0.25, 0.3) is 0 Å². The van der Waals surface area contributed by atoms with Crippen LogP contribution in [0.3, 0.4) is 0 Å². The molecule has 2 heteroatoms. The lowest BCUT2D eigenvalue weighted by molar-refractivity contribution is -0.123. The molecule has 0 aromatic rings. The predicted molar refractivity (Wildman–Crippen MR) is 86.6 cm³/mol. The van der Waals surface area contributed by atoms with Crippen molar-refractivity contribution in [1.82, 2.24) is 4.90 Å². The van der Waals surface area contributed by atoms with E-state index in [1.807, 2.05) is 0 Å². The highest BCUT2D eigenvalue weighted by molar-refractivity contribution is 5.88. The molecule has 0 saturated carbocycles. The second kappa shape index (κ2) is 8.28. The molecule has 0 fully saturated rings. The van der Waals surface area contributed by atoms with E-state index < -0.39 is 0 Å². The second-order valence-corrected chi connectivity index (χ2v) is 6.89. The van der Waals surface area contributed by atoms with Crippen molar-refractivity contribution in [1.29, 1.82) is 0 Å². The molecule has 0 bridgehead atoms. The van der Waals surface area contributed by atoms with Gasteiger partial charge in [-0.3, -0.25) is 4.79 Å². The van der Waals surface area contributed by atoms with Gasteiger partial charge >= 0.3 is 0 Å². The highest BCUT2D eigenvalue weighted by Crippen LogP contribution is 2.30. The fourth-order valence-electron chi connectivity index (χ4n) is 2.70. The van der Waals surface area contributed by atoms with Gasteiger partial charge < -0.3 is 4.90 Å². The molecule has 0 radical (unpaired) electrons. The third-order valence-corrected chi connectivity index (χ3v) is 3.96. The van der Waals surface area contributed by atoms with Crippen LogP contribution in [0, 0.1) is 11.8 Å². The SMILES string of the molecule is CC(C)CCCC(C)CC1=CC(=CC(=O)N(C)C)CC1. The smallest absolute Gasteiger partial charge is 0.246 e. The van der Waals surface area contributed by atoms with Gasteiger partial charge in [-0.15, -0.1) is 0 Å². The first-order chi connectivity index (χ1) is 9.38. The summed E-state index contributed by atoms with van der Waals surface area (Å²) < 4.78 is 0. The summed E-state index contributed by atoms with van der Waals surface area (Å²) in [6.45, 7) is 6.94. The molecule has 20 heavy (non-hydrogen) atoms. The molecule has 1 unspecified atom stereocenters. The van der Waals surface area contributed by atoms with Crippen molar-refractivity contribution in [3.8, 4) is 0 Å². The Bertz CT molecular complexity index is 377. The number of carbonyl (C=O) groups excluding carboxylic acids is 1. The van der Waals surface area contributed by atoms with Crippen molar-refractivity contribution in [2.45, 2.75) is 59.3 Å². The number of hydrogen-bond donors (Lipinski definition) is 0. The van der Waals surface area contributed by atoms with Gasteiger partial charge in [0, 0.05) is 20.2 Å². The van der Waals surface area contributed by atoms with Gasteiger partial charge in [0.1, 0.15) is 0 Å². The van der Waals surface area contributed by atoms with E-state index in [1.165, 1.54) is 36.8 Å². The van der Waals surface area contributed by atoms with E-state index in [0.29, 0.717) is 0 Å². The van der Waals surface area contributed by atoms with Gasteiger partial charge in [0.05, 0.1) is 0 Å². The molecule has 1 amide bonds.